The van der Waals surface area contributed by atoms with Gasteiger partial charge >= 0.3 is 0 Å². The Morgan fingerprint density at radius 2 is 2.00 bits per heavy atom. The molecule has 136 valence electrons. The standard InChI is InChI=1S/C18H23N7S/c1-3-16-22-18(26-23-16)25-10-8-24(9-11-25)17(20-2)21-13-15-6-4-14(12-19)5-7-15/h4-7H,3,8-11,13H2,1-2H3,(H,20,21). The van der Waals surface area contributed by atoms with Crippen molar-refractivity contribution in [3.05, 3.63) is 41.2 Å². The van der Waals surface area contributed by atoms with Gasteiger partial charge in [0.1, 0.15) is 5.82 Å². The summed E-state index contributed by atoms with van der Waals surface area (Å²) in [6, 6.07) is 9.76. The molecule has 1 fully saturated rings. The Morgan fingerprint density at radius 3 is 2.58 bits per heavy atom. The first-order valence-corrected chi connectivity index (χ1v) is 9.53. The van der Waals surface area contributed by atoms with Crippen LogP contribution in [0.2, 0.25) is 0 Å². The number of hydrogen-bond acceptors (Lipinski definition) is 6. The molecule has 0 spiro atoms. The fourth-order valence-electron chi connectivity index (χ4n) is 2.84. The summed E-state index contributed by atoms with van der Waals surface area (Å²) in [6.45, 7) is 6.39. The maximum absolute atomic E-state index is 8.87. The van der Waals surface area contributed by atoms with E-state index in [1.165, 1.54) is 11.5 Å². The van der Waals surface area contributed by atoms with Crippen LogP contribution in [0.1, 0.15) is 23.9 Å². The van der Waals surface area contributed by atoms with Crippen molar-refractivity contribution in [3.8, 4) is 6.07 Å². The summed E-state index contributed by atoms with van der Waals surface area (Å²) in [5.41, 5.74) is 1.81. The number of nitriles is 1. The number of benzene rings is 1. The largest absolute Gasteiger partial charge is 0.352 e. The summed E-state index contributed by atoms with van der Waals surface area (Å²) in [5.74, 6) is 1.83. The summed E-state index contributed by atoms with van der Waals surface area (Å²) < 4.78 is 4.37. The average Bonchev–Trinajstić information content (AvgIpc) is 3.19. The minimum absolute atomic E-state index is 0.678. The molecule has 1 saturated heterocycles. The molecular weight excluding hydrogens is 346 g/mol. The number of nitrogens with one attached hydrogen (secondary N) is 1. The van der Waals surface area contributed by atoms with E-state index in [-0.39, 0.29) is 0 Å². The Bertz CT molecular complexity index is 783. The highest BCUT2D eigenvalue weighted by Gasteiger charge is 2.21. The number of rotatable bonds is 4. The van der Waals surface area contributed by atoms with Crippen LogP contribution in [0.3, 0.4) is 0 Å². The van der Waals surface area contributed by atoms with Crippen LogP contribution in [0.5, 0.6) is 0 Å². The molecule has 2 heterocycles. The zero-order valence-electron chi connectivity index (χ0n) is 15.1. The normalized spacial score (nSPS) is 15.0. The molecule has 8 heteroatoms. The van der Waals surface area contributed by atoms with Gasteiger partial charge in [0.15, 0.2) is 5.96 Å². The maximum atomic E-state index is 8.87. The monoisotopic (exact) mass is 369 g/mol. The number of anilines is 1. The number of aromatic nitrogens is 2. The molecule has 0 radical (unpaired) electrons. The van der Waals surface area contributed by atoms with Gasteiger partial charge in [0.25, 0.3) is 0 Å². The van der Waals surface area contributed by atoms with Gasteiger partial charge in [-0.05, 0) is 17.7 Å². The molecule has 1 N–H and O–H groups in total. The van der Waals surface area contributed by atoms with Crippen molar-refractivity contribution in [2.24, 2.45) is 4.99 Å². The third kappa shape index (κ3) is 4.29. The Morgan fingerprint density at radius 1 is 1.27 bits per heavy atom. The van der Waals surface area contributed by atoms with E-state index < -0.39 is 0 Å². The predicted molar refractivity (Wildman–Crippen MR) is 104 cm³/mol. The van der Waals surface area contributed by atoms with E-state index in [9.17, 15) is 0 Å². The molecule has 3 rings (SSSR count). The van der Waals surface area contributed by atoms with Crippen molar-refractivity contribution in [3.63, 3.8) is 0 Å². The zero-order chi connectivity index (χ0) is 18.4. The van der Waals surface area contributed by atoms with E-state index in [0.29, 0.717) is 12.1 Å². The van der Waals surface area contributed by atoms with Gasteiger partial charge in [-0.25, -0.2) is 4.98 Å². The molecule has 0 amide bonds. The molecule has 0 saturated carbocycles. The molecular formula is C18H23N7S. The van der Waals surface area contributed by atoms with Gasteiger partial charge in [0, 0.05) is 57.7 Å². The fourth-order valence-corrected chi connectivity index (χ4v) is 3.64. The second-order valence-corrected chi connectivity index (χ2v) is 6.76. The Balaban J connectivity index is 1.52. The molecule has 0 bridgehead atoms. The molecule has 1 aliphatic heterocycles. The molecule has 7 nitrogen and oxygen atoms in total. The van der Waals surface area contributed by atoms with Crippen LogP contribution in [0.15, 0.2) is 29.3 Å². The minimum Gasteiger partial charge on any atom is -0.352 e. The summed E-state index contributed by atoms with van der Waals surface area (Å²) in [6.07, 6.45) is 0.877. The maximum Gasteiger partial charge on any atom is 0.205 e. The summed E-state index contributed by atoms with van der Waals surface area (Å²) in [4.78, 5) is 13.5. The smallest absolute Gasteiger partial charge is 0.205 e. The summed E-state index contributed by atoms with van der Waals surface area (Å²) in [7, 11) is 1.81. The van der Waals surface area contributed by atoms with Crippen LogP contribution in [-0.2, 0) is 13.0 Å². The van der Waals surface area contributed by atoms with Gasteiger partial charge in [0.05, 0.1) is 11.6 Å². The highest BCUT2D eigenvalue weighted by Crippen LogP contribution is 2.19. The Kier molecular flexibility index (Phi) is 6.02. The number of piperazine rings is 1. The first kappa shape index (κ1) is 18.1. The molecule has 2 aromatic rings. The van der Waals surface area contributed by atoms with Crippen LogP contribution >= 0.6 is 11.5 Å². The van der Waals surface area contributed by atoms with E-state index in [2.05, 4.69) is 42.5 Å². The lowest BCUT2D eigenvalue weighted by Gasteiger charge is -2.36. The lowest BCUT2D eigenvalue weighted by molar-refractivity contribution is 0.372. The van der Waals surface area contributed by atoms with Crippen LogP contribution in [-0.4, -0.2) is 53.4 Å². The van der Waals surface area contributed by atoms with Gasteiger partial charge in [-0.1, -0.05) is 19.1 Å². The second-order valence-electron chi connectivity index (χ2n) is 6.03. The van der Waals surface area contributed by atoms with Crippen LogP contribution < -0.4 is 10.2 Å². The highest BCUT2D eigenvalue weighted by molar-refractivity contribution is 7.09. The quantitative estimate of drug-likeness (QED) is 0.655. The number of aryl methyl sites for hydroxylation is 1. The lowest BCUT2D eigenvalue weighted by atomic mass is 10.1. The van der Waals surface area contributed by atoms with Gasteiger partial charge < -0.3 is 15.1 Å². The van der Waals surface area contributed by atoms with Gasteiger partial charge in [-0.15, -0.1) is 0 Å². The van der Waals surface area contributed by atoms with Crippen LogP contribution in [0, 0.1) is 11.3 Å². The van der Waals surface area contributed by atoms with Gasteiger partial charge in [-0.3, -0.25) is 4.99 Å². The van der Waals surface area contributed by atoms with E-state index in [0.717, 1.165) is 55.1 Å². The van der Waals surface area contributed by atoms with Crippen molar-refractivity contribution >= 4 is 22.6 Å². The van der Waals surface area contributed by atoms with Crippen LogP contribution in [0.25, 0.3) is 0 Å². The zero-order valence-corrected chi connectivity index (χ0v) is 16.0. The highest BCUT2D eigenvalue weighted by atomic mass is 32.1. The third-order valence-electron chi connectivity index (χ3n) is 4.37. The number of hydrogen-bond donors (Lipinski definition) is 1. The molecule has 1 aromatic heterocycles. The van der Waals surface area contributed by atoms with E-state index in [4.69, 9.17) is 5.26 Å². The number of guanidine groups is 1. The fraction of sp³-hybridized carbons (Fsp3) is 0.444. The van der Waals surface area contributed by atoms with Crippen molar-refractivity contribution in [1.82, 2.24) is 19.6 Å². The van der Waals surface area contributed by atoms with E-state index in [1.54, 1.807) is 0 Å². The van der Waals surface area contributed by atoms with Crippen LogP contribution in [0.4, 0.5) is 5.13 Å². The predicted octanol–water partition coefficient (Wildman–Crippen LogP) is 1.87. The van der Waals surface area contributed by atoms with Gasteiger partial charge in [0.2, 0.25) is 5.13 Å². The molecule has 26 heavy (non-hydrogen) atoms. The summed E-state index contributed by atoms with van der Waals surface area (Å²) in [5, 5.41) is 13.3. The minimum atomic E-state index is 0.678. The first-order valence-electron chi connectivity index (χ1n) is 8.75. The third-order valence-corrected chi connectivity index (χ3v) is 5.18. The number of nitrogens with zero attached hydrogens (tertiary/aromatic N) is 6. The van der Waals surface area contributed by atoms with E-state index in [1.807, 2.05) is 31.3 Å². The molecule has 1 aromatic carbocycles. The average molecular weight is 369 g/mol. The Hall–Kier alpha value is -2.66. The van der Waals surface area contributed by atoms with E-state index >= 15 is 0 Å². The van der Waals surface area contributed by atoms with Crippen molar-refractivity contribution in [2.75, 3.05) is 38.1 Å². The van der Waals surface area contributed by atoms with Crippen molar-refractivity contribution in [2.45, 2.75) is 19.9 Å². The van der Waals surface area contributed by atoms with Gasteiger partial charge in [-0.2, -0.15) is 9.64 Å². The molecule has 0 atom stereocenters. The van der Waals surface area contributed by atoms with Crippen molar-refractivity contribution < 1.29 is 0 Å². The topological polar surface area (TPSA) is 80.4 Å². The SMILES string of the molecule is CCc1nsc(N2CCN(C(=NC)NCc3ccc(C#N)cc3)CC2)n1. The Labute approximate surface area is 158 Å². The van der Waals surface area contributed by atoms with Crippen molar-refractivity contribution in [1.29, 1.82) is 5.26 Å². The molecule has 0 unspecified atom stereocenters. The number of aliphatic imine (C=N–C) groups is 1. The molecule has 0 aliphatic carbocycles. The lowest BCUT2D eigenvalue weighted by Crippen LogP contribution is -2.52. The summed E-state index contributed by atoms with van der Waals surface area (Å²) >= 11 is 1.48. The molecule has 1 aliphatic rings. The first-order chi connectivity index (χ1) is 12.7. The second kappa shape index (κ2) is 8.63.